The molecule has 0 spiro atoms. The van der Waals surface area contributed by atoms with Crippen LogP contribution >= 0.6 is 0 Å². The molecule has 0 aliphatic heterocycles. The predicted octanol–water partition coefficient (Wildman–Crippen LogP) is 2.46. The molecule has 0 saturated heterocycles. The molecule has 25 heavy (non-hydrogen) atoms. The van der Waals surface area contributed by atoms with E-state index in [4.69, 9.17) is 4.42 Å². The second-order valence-corrected chi connectivity index (χ2v) is 6.21. The molecule has 3 aromatic rings. The van der Waals surface area contributed by atoms with Crippen molar-refractivity contribution in [3.8, 4) is 11.5 Å². The van der Waals surface area contributed by atoms with Gasteiger partial charge >= 0.3 is 0 Å². The monoisotopic (exact) mass is 338 g/mol. The molecular formula is C17H18N6O2. The van der Waals surface area contributed by atoms with Crippen molar-refractivity contribution in [1.29, 1.82) is 0 Å². The maximum atomic E-state index is 12.6. The molecule has 1 aliphatic carbocycles. The highest BCUT2D eigenvalue weighted by Gasteiger charge is 2.30. The molecule has 1 fully saturated rings. The number of nitrogens with zero attached hydrogens (tertiary/aromatic N) is 5. The summed E-state index contributed by atoms with van der Waals surface area (Å²) in [6, 6.07) is 7.25. The zero-order chi connectivity index (χ0) is 17.4. The first kappa shape index (κ1) is 15.5. The van der Waals surface area contributed by atoms with Gasteiger partial charge in [-0.15, -0.1) is 5.10 Å². The third kappa shape index (κ3) is 3.02. The molecule has 1 saturated carbocycles. The van der Waals surface area contributed by atoms with E-state index in [2.05, 4.69) is 25.8 Å². The largest absolute Gasteiger partial charge is 0.463 e. The van der Waals surface area contributed by atoms with Crippen molar-refractivity contribution in [2.24, 2.45) is 0 Å². The lowest BCUT2D eigenvalue weighted by Gasteiger charge is -2.14. The lowest BCUT2D eigenvalue weighted by Crippen LogP contribution is -2.29. The maximum Gasteiger partial charge on any atom is 0.253 e. The number of furan rings is 1. The number of carbonyl (C=O) groups is 1. The zero-order valence-electron chi connectivity index (χ0n) is 14.0. The summed E-state index contributed by atoms with van der Waals surface area (Å²) in [6.45, 7) is 3.68. The Morgan fingerprint density at radius 3 is 2.88 bits per heavy atom. The van der Waals surface area contributed by atoms with Gasteiger partial charge in [0.1, 0.15) is 5.69 Å². The van der Waals surface area contributed by atoms with E-state index in [-0.39, 0.29) is 11.9 Å². The SMILES string of the molecule is Cc1nc(-c2ccco2)ccc1C(=O)N[C@H](C)c1nnnn1C1CC1. The van der Waals surface area contributed by atoms with Gasteiger partial charge in [-0.05, 0) is 61.4 Å². The molecule has 128 valence electrons. The van der Waals surface area contributed by atoms with Gasteiger partial charge in [-0.1, -0.05) is 0 Å². The Morgan fingerprint density at radius 2 is 2.20 bits per heavy atom. The van der Waals surface area contributed by atoms with E-state index >= 15 is 0 Å². The number of aromatic nitrogens is 5. The van der Waals surface area contributed by atoms with E-state index in [1.807, 2.05) is 13.0 Å². The van der Waals surface area contributed by atoms with Gasteiger partial charge in [-0.25, -0.2) is 9.67 Å². The lowest BCUT2D eigenvalue weighted by molar-refractivity contribution is 0.0936. The smallest absolute Gasteiger partial charge is 0.253 e. The maximum absolute atomic E-state index is 12.6. The van der Waals surface area contributed by atoms with Crippen LogP contribution in [-0.2, 0) is 0 Å². The minimum absolute atomic E-state index is 0.200. The van der Waals surface area contributed by atoms with Gasteiger partial charge in [0.15, 0.2) is 11.6 Å². The molecule has 0 radical (unpaired) electrons. The van der Waals surface area contributed by atoms with Gasteiger partial charge in [0.25, 0.3) is 5.91 Å². The molecule has 8 heteroatoms. The van der Waals surface area contributed by atoms with Crippen LogP contribution in [0.4, 0.5) is 0 Å². The molecular weight excluding hydrogens is 320 g/mol. The number of hydrogen-bond donors (Lipinski definition) is 1. The van der Waals surface area contributed by atoms with Crippen LogP contribution in [0.5, 0.6) is 0 Å². The Balaban J connectivity index is 1.51. The molecule has 1 N–H and O–H groups in total. The summed E-state index contributed by atoms with van der Waals surface area (Å²) < 4.78 is 7.14. The van der Waals surface area contributed by atoms with Crippen molar-refractivity contribution >= 4 is 5.91 Å². The van der Waals surface area contributed by atoms with Crippen LogP contribution in [-0.4, -0.2) is 31.1 Å². The number of rotatable bonds is 5. The summed E-state index contributed by atoms with van der Waals surface area (Å²) in [5.74, 6) is 1.15. The second-order valence-electron chi connectivity index (χ2n) is 6.21. The normalized spacial score (nSPS) is 15.1. The van der Waals surface area contributed by atoms with Crippen molar-refractivity contribution in [1.82, 2.24) is 30.5 Å². The molecule has 4 rings (SSSR count). The molecule has 0 bridgehead atoms. The van der Waals surface area contributed by atoms with Crippen LogP contribution < -0.4 is 5.32 Å². The van der Waals surface area contributed by atoms with E-state index in [9.17, 15) is 4.79 Å². The predicted molar refractivity (Wildman–Crippen MR) is 88.6 cm³/mol. The molecule has 3 heterocycles. The highest BCUT2D eigenvalue weighted by Crippen LogP contribution is 2.35. The van der Waals surface area contributed by atoms with Gasteiger partial charge in [0.05, 0.1) is 29.6 Å². The zero-order valence-corrected chi connectivity index (χ0v) is 14.0. The van der Waals surface area contributed by atoms with Crippen LogP contribution in [0.1, 0.15) is 53.7 Å². The van der Waals surface area contributed by atoms with E-state index < -0.39 is 0 Å². The molecule has 8 nitrogen and oxygen atoms in total. The number of amides is 1. The first-order valence-electron chi connectivity index (χ1n) is 8.23. The fraction of sp³-hybridized carbons (Fsp3) is 0.353. The molecule has 3 aromatic heterocycles. The summed E-state index contributed by atoms with van der Waals surface area (Å²) in [5.41, 5.74) is 1.86. The van der Waals surface area contributed by atoms with Gasteiger partial charge in [-0.2, -0.15) is 0 Å². The van der Waals surface area contributed by atoms with Gasteiger partial charge in [0, 0.05) is 0 Å². The quantitative estimate of drug-likeness (QED) is 0.767. The number of nitrogens with one attached hydrogen (secondary N) is 1. The standard InChI is InChI=1S/C17H18N6O2/c1-10-13(7-8-14(18-10)15-4-3-9-25-15)17(24)19-11(2)16-20-21-22-23(16)12-5-6-12/h3-4,7-9,11-12H,5-6H2,1-2H3,(H,19,24)/t11-/m1/s1. The van der Waals surface area contributed by atoms with Gasteiger partial charge in [-0.3, -0.25) is 4.79 Å². The second kappa shape index (κ2) is 6.12. The Bertz CT molecular complexity index is 898. The molecule has 0 unspecified atom stereocenters. The number of pyridine rings is 1. The first-order valence-corrected chi connectivity index (χ1v) is 8.23. The van der Waals surface area contributed by atoms with Crippen molar-refractivity contribution in [2.45, 2.75) is 38.8 Å². The molecule has 1 amide bonds. The Hall–Kier alpha value is -3.03. The fourth-order valence-corrected chi connectivity index (χ4v) is 2.77. The molecule has 0 aromatic carbocycles. The average molecular weight is 338 g/mol. The fourth-order valence-electron chi connectivity index (χ4n) is 2.77. The molecule has 1 aliphatic rings. The van der Waals surface area contributed by atoms with Crippen LogP contribution in [0, 0.1) is 6.92 Å². The van der Waals surface area contributed by atoms with E-state index in [1.165, 1.54) is 0 Å². The third-order valence-corrected chi connectivity index (χ3v) is 4.25. The van der Waals surface area contributed by atoms with Crippen molar-refractivity contribution in [3.05, 3.63) is 47.6 Å². The Morgan fingerprint density at radius 1 is 1.36 bits per heavy atom. The first-order chi connectivity index (χ1) is 12.1. The minimum atomic E-state index is -0.285. The summed E-state index contributed by atoms with van der Waals surface area (Å²) in [5, 5.41) is 14.8. The van der Waals surface area contributed by atoms with Gasteiger partial charge < -0.3 is 9.73 Å². The minimum Gasteiger partial charge on any atom is -0.463 e. The molecule has 1 atom stereocenters. The van der Waals surface area contributed by atoms with E-state index in [0.717, 1.165) is 12.8 Å². The summed E-state index contributed by atoms with van der Waals surface area (Å²) in [7, 11) is 0. The van der Waals surface area contributed by atoms with Crippen molar-refractivity contribution < 1.29 is 9.21 Å². The van der Waals surface area contributed by atoms with Crippen LogP contribution in [0.25, 0.3) is 11.5 Å². The van der Waals surface area contributed by atoms with Gasteiger partial charge in [0.2, 0.25) is 0 Å². The highest BCUT2D eigenvalue weighted by molar-refractivity contribution is 5.95. The van der Waals surface area contributed by atoms with Crippen molar-refractivity contribution in [3.63, 3.8) is 0 Å². The number of hydrogen-bond acceptors (Lipinski definition) is 6. The van der Waals surface area contributed by atoms with Crippen LogP contribution in [0.2, 0.25) is 0 Å². The number of tetrazole rings is 1. The summed E-state index contributed by atoms with van der Waals surface area (Å²) >= 11 is 0. The Kier molecular flexibility index (Phi) is 3.79. The van der Waals surface area contributed by atoms with E-state index in [0.29, 0.717) is 34.6 Å². The highest BCUT2D eigenvalue weighted by atomic mass is 16.3. The Labute approximate surface area is 144 Å². The number of carbonyl (C=O) groups excluding carboxylic acids is 1. The summed E-state index contributed by atoms with van der Waals surface area (Å²) in [6.07, 6.45) is 3.75. The number of aryl methyl sites for hydroxylation is 1. The van der Waals surface area contributed by atoms with Crippen LogP contribution in [0.3, 0.4) is 0 Å². The van der Waals surface area contributed by atoms with Crippen LogP contribution in [0.15, 0.2) is 34.9 Å². The average Bonchev–Trinajstić information content (AvgIpc) is 3.11. The van der Waals surface area contributed by atoms with Crippen molar-refractivity contribution in [2.75, 3.05) is 0 Å². The summed E-state index contributed by atoms with van der Waals surface area (Å²) in [4.78, 5) is 17.1. The topological polar surface area (TPSA) is 98.7 Å². The third-order valence-electron chi connectivity index (χ3n) is 4.25. The van der Waals surface area contributed by atoms with E-state index in [1.54, 1.807) is 36.1 Å². The lowest BCUT2D eigenvalue weighted by atomic mass is 10.1.